The molecule has 1 saturated carbocycles. The van der Waals surface area contributed by atoms with Crippen LogP contribution in [0.3, 0.4) is 0 Å². The van der Waals surface area contributed by atoms with E-state index in [0.29, 0.717) is 0 Å². The third kappa shape index (κ3) is 5.12. The summed E-state index contributed by atoms with van der Waals surface area (Å²) in [5, 5.41) is 0. The van der Waals surface area contributed by atoms with Crippen molar-refractivity contribution in [1.82, 2.24) is 0 Å². The number of rotatable bonds is 5. The van der Waals surface area contributed by atoms with Gasteiger partial charge in [0.2, 0.25) is 0 Å². The first-order chi connectivity index (χ1) is 12.8. The molecule has 0 unspecified atom stereocenters. The van der Waals surface area contributed by atoms with Crippen LogP contribution < -0.4 is 0 Å². The van der Waals surface area contributed by atoms with Crippen molar-refractivity contribution < 1.29 is 0 Å². The second kappa shape index (κ2) is 9.44. The highest BCUT2D eigenvalue weighted by Crippen LogP contribution is 2.37. The monoisotopic (exact) mass is 342 g/mol. The van der Waals surface area contributed by atoms with Gasteiger partial charge in [0.05, 0.1) is 0 Å². The topological polar surface area (TPSA) is 0 Å². The van der Waals surface area contributed by atoms with Gasteiger partial charge in [-0.3, -0.25) is 0 Å². The normalized spacial score (nSPS) is 19.4. The molecule has 2 aromatic carbocycles. The molecule has 1 aliphatic rings. The lowest BCUT2D eigenvalue weighted by atomic mass is 9.77. The molecule has 0 spiro atoms. The van der Waals surface area contributed by atoms with E-state index in [4.69, 9.17) is 0 Å². The summed E-state index contributed by atoms with van der Waals surface area (Å²) < 4.78 is 0. The molecular formula is C26H30. The number of hydrogen-bond donors (Lipinski definition) is 0. The Hall–Kier alpha value is -2.26. The van der Waals surface area contributed by atoms with Gasteiger partial charge in [-0.2, -0.15) is 0 Å². The van der Waals surface area contributed by atoms with Crippen molar-refractivity contribution in [3.63, 3.8) is 0 Å². The van der Waals surface area contributed by atoms with Crippen LogP contribution in [0.5, 0.6) is 0 Å². The van der Waals surface area contributed by atoms with Gasteiger partial charge in [0.1, 0.15) is 0 Å². The molecule has 0 aliphatic heterocycles. The summed E-state index contributed by atoms with van der Waals surface area (Å²) in [6.45, 7) is 6.02. The number of hydrogen-bond acceptors (Lipinski definition) is 0. The van der Waals surface area contributed by atoms with Gasteiger partial charge < -0.3 is 0 Å². The highest BCUT2D eigenvalue weighted by atomic mass is 14.3. The van der Waals surface area contributed by atoms with E-state index in [9.17, 15) is 0 Å². The molecule has 2 aromatic rings. The first kappa shape index (κ1) is 18.5. The molecule has 0 N–H and O–H groups in total. The van der Waals surface area contributed by atoms with E-state index in [1.165, 1.54) is 49.7 Å². The van der Waals surface area contributed by atoms with E-state index in [1.54, 1.807) is 0 Å². The Kier molecular flexibility index (Phi) is 6.73. The smallest absolute Gasteiger partial charge is 0.0249 e. The van der Waals surface area contributed by atoms with Crippen molar-refractivity contribution in [2.75, 3.05) is 0 Å². The first-order valence-electron chi connectivity index (χ1n) is 10.1. The zero-order valence-corrected chi connectivity index (χ0v) is 16.0. The predicted molar refractivity (Wildman–Crippen MR) is 112 cm³/mol. The molecule has 1 aliphatic carbocycles. The molecular weight excluding hydrogens is 312 g/mol. The molecule has 0 aromatic heterocycles. The van der Waals surface area contributed by atoms with Gasteiger partial charge in [0.25, 0.3) is 0 Å². The van der Waals surface area contributed by atoms with Crippen LogP contribution in [0.1, 0.15) is 73.6 Å². The highest BCUT2D eigenvalue weighted by Gasteiger charge is 2.21. The van der Waals surface area contributed by atoms with Gasteiger partial charge in [-0.1, -0.05) is 49.1 Å². The van der Waals surface area contributed by atoms with Crippen molar-refractivity contribution in [3.05, 3.63) is 83.4 Å². The van der Waals surface area contributed by atoms with Gasteiger partial charge in [-0.25, -0.2) is 0 Å². The molecule has 0 bridgehead atoms. The second-order valence-electron chi connectivity index (χ2n) is 7.51. The Labute approximate surface area is 159 Å². The minimum absolute atomic E-state index is 0.735. The summed E-state index contributed by atoms with van der Waals surface area (Å²) in [5.74, 6) is 8.22. The predicted octanol–water partition coefficient (Wildman–Crippen LogP) is 6.89. The third-order valence-corrected chi connectivity index (χ3v) is 5.72. The standard InChI is InChI=1S/C26H30/c1-3-5-6-22-13-17-25(18-14-22)26-19-15-24(16-20-26)12-11-23-9-7-21(4-2)8-10-23/h3,7-10,15-16,19-20,22,25H,1,4-6,13-14,17-18H2,2H3. The fraction of sp³-hybridized carbons (Fsp3) is 0.385. The molecule has 0 nitrogen and oxygen atoms in total. The molecule has 26 heavy (non-hydrogen) atoms. The Morgan fingerprint density at radius 3 is 2.00 bits per heavy atom. The van der Waals surface area contributed by atoms with Crippen molar-refractivity contribution in [1.29, 1.82) is 0 Å². The van der Waals surface area contributed by atoms with Crippen LogP contribution >= 0.6 is 0 Å². The van der Waals surface area contributed by atoms with Crippen LogP contribution in [-0.4, -0.2) is 0 Å². The van der Waals surface area contributed by atoms with Gasteiger partial charge in [-0.05, 0) is 92.2 Å². The summed E-state index contributed by atoms with van der Waals surface area (Å²) in [6, 6.07) is 17.5. The lowest BCUT2D eigenvalue weighted by Crippen LogP contribution is -2.13. The molecule has 0 amide bonds. The second-order valence-corrected chi connectivity index (χ2v) is 7.51. The maximum Gasteiger partial charge on any atom is 0.0249 e. The largest absolute Gasteiger partial charge is 0.103 e. The Bertz CT molecular complexity index is 744. The maximum atomic E-state index is 3.85. The van der Waals surface area contributed by atoms with E-state index >= 15 is 0 Å². The quantitative estimate of drug-likeness (QED) is 0.410. The van der Waals surface area contributed by atoms with Gasteiger partial charge in [0.15, 0.2) is 0 Å². The molecule has 0 atom stereocenters. The summed E-state index contributed by atoms with van der Waals surface area (Å²) in [4.78, 5) is 0. The van der Waals surface area contributed by atoms with E-state index < -0.39 is 0 Å². The highest BCUT2D eigenvalue weighted by molar-refractivity contribution is 5.44. The van der Waals surface area contributed by atoms with Crippen molar-refractivity contribution in [2.45, 2.75) is 57.8 Å². The van der Waals surface area contributed by atoms with Crippen LogP contribution in [0.4, 0.5) is 0 Å². The van der Waals surface area contributed by atoms with Gasteiger partial charge in [0, 0.05) is 11.1 Å². The van der Waals surface area contributed by atoms with Gasteiger partial charge >= 0.3 is 0 Å². The Morgan fingerprint density at radius 1 is 0.885 bits per heavy atom. The number of allylic oxidation sites excluding steroid dienone is 1. The van der Waals surface area contributed by atoms with Crippen molar-refractivity contribution in [3.8, 4) is 11.8 Å². The fourth-order valence-electron chi connectivity index (χ4n) is 3.94. The molecule has 0 heterocycles. The van der Waals surface area contributed by atoms with Crippen molar-refractivity contribution >= 4 is 0 Å². The third-order valence-electron chi connectivity index (χ3n) is 5.72. The summed E-state index contributed by atoms with van der Waals surface area (Å²) >= 11 is 0. The average Bonchev–Trinajstić information content (AvgIpc) is 2.72. The molecule has 0 heteroatoms. The van der Waals surface area contributed by atoms with E-state index in [-0.39, 0.29) is 0 Å². The maximum absolute atomic E-state index is 3.85. The SMILES string of the molecule is C=CCCC1CCC(c2ccc(C#Cc3ccc(CC)cc3)cc2)CC1. The fourth-order valence-corrected chi connectivity index (χ4v) is 3.94. The van der Waals surface area contributed by atoms with Gasteiger partial charge in [-0.15, -0.1) is 6.58 Å². The number of benzene rings is 2. The van der Waals surface area contributed by atoms with E-state index in [0.717, 1.165) is 29.4 Å². The molecule has 3 rings (SSSR count). The molecule has 134 valence electrons. The summed E-state index contributed by atoms with van der Waals surface area (Å²) in [7, 11) is 0. The number of aryl methyl sites for hydroxylation is 1. The minimum Gasteiger partial charge on any atom is -0.103 e. The Balaban J connectivity index is 1.57. The average molecular weight is 343 g/mol. The van der Waals surface area contributed by atoms with E-state index in [1.807, 2.05) is 0 Å². The zero-order valence-electron chi connectivity index (χ0n) is 16.0. The minimum atomic E-state index is 0.735. The Morgan fingerprint density at radius 2 is 1.46 bits per heavy atom. The first-order valence-corrected chi connectivity index (χ1v) is 10.1. The molecule has 0 radical (unpaired) electrons. The lowest BCUT2D eigenvalue weighted by molar-refractivity contribution is 0.312. The van der Waals surface area contributed by atoms with Crippen LogP contribution in [0.2, 0.25) is 0 Å². The lowest BCUT2D eigenvalue weighted by Gasteiger charge is -2.28. The van der Waals surface area contributed by atoms with Crippen LogP contribution in [0.15, 0.2) is 61.2 Å². The van der Waals surface area contributed by atoms with Crippen LogP contribution in [-0.2, 0) is 6.42 Å². The van der Waals surface area contributed by atoms with Crippen LogP contribution in [0.25, 0.3) is 0 Å². The summed E-state index contributed by atoms with van der Waals surface area (Å²) in [6.07, 6.45) is 11.0. The van der Waals surface area contributed by atoms with Crippen molar-refractivity contribution in [2.24, 2.45) is 5.92 Å². The summed E-state index contributed by atoms with van der Waals surface area (Å²) in [5.41, 5.74) is 5.04. The van der Waals surface area contributed by atoms with Crippen LogP contribution in [0, 0.1) is 17.8 Å². The molecule has 1 fully saturated rings. The zero-order chi connectivity index (χ0) is 18.2. The van der Waals surface area contributed by atoms with E-state index in [2.05, 4.69) is 80.0 Å². The molecule has 0 saturated heterocycles.